The summed E-state index contributed by atoms with van der Waals surface area (Å²) in [7, 11) is 1.86. The van der Waals surface area contributed by atoms with Gasteiger partial charge in [0, 0.05) is 36.8 Å². The summed E-state index contributed by atoms with van der Waals surface area (Å²) in [4.78, 5) is 13.4. The highest BCUT2D eigenvalue weighted by atomic mass is 19.1. The quantitative estimate of drug-likeness (QED) is 0.770. The Balaban J connectivity index is 2.15. The summed E-state index contributed by atoms with van der Waals surface area (Å²) < 4.78 is 17.7. The summed E-state index contributed by atoms with van der Waals surface area (Å²) in [5.41, 5.74) is 5.34. The number of hydrogen-bond acceptors (Lipinski definition) is 2. The fourth-order valence-corrected chi connectivity index (χ4v) is 4.01. The van der Waals surface area contributed by atoms with E-state index in [0.717, 1.165) is 34.3 Å². The Morgan fingerprint density at radius 3 is 2.54 bits per heavy atom. The van der Waals surface area contributed by atoms with Gasteiger partial charge in [0.15, 0.2) is 5.82 Å². The molecule has 1 aliphatic heterocycles. The molecule has 0 bridgehead atoms. The Labute approximate surface area is 151 Å². The van der Waals surface area contributed by atoms with E-state index in [4.69, 9.17) is 0 Å². The number of likely N-dealkylation sites (N-methyl/N-ethyl adjacent to an activating group) is 1. The number of carbonyl (C=O) groups is 1. The summed E-state index contributed by atoms with van der Waals surface area (Å²) in [6, 6.07) is 9.88. The predicted molar refractivity (Wildman–Crippen MR) is 101 cm³/mol. The molecule has 3 aromatic rings. The predicted octanol–water partition coefficient (Wildman–Crippen LogP) is 4.14. The van der Waals surface area contributed by atoms with Gasteiger partial charge in [-0.3, -0.25) is 4.79 Å². The minimum Gasteiger partial charge on any atom is -0.481 e. The molecule has 0 spiro atoms. The molecular weight excluding hydrogens is 331 g/mol. The highest BCUT2D eigenvalue weighted by molar-refractivity contribution is 6.06. The van der Waals surface area contributed by atoms with E-state index in [1.807, 2.05) is 50.1 Å². The molecule has 1 aliphatic rings. The van der Waals surface area contributed by atoms with Crippen LogP contribution in [0.4, 0.5) is 10.1 Å². The molecule has 2 aromatic carbocycles. The van der Waals surface area contributed by atoms with Gasteiger partial charge in [-0.25, -0.2) is 4.39 Å². The summed E-state index contributed by atoms with van der Waals surface area (Å²) in [5, 5.41) is 10.3. The summed E-state index contributed by atoms with van der Waals surface area (Å²) in [5.74, 6) is -1.45. The zero-order valence-corrected chi connectivity index (χ0v) is 15.1. The van der Waals surface area contributed by atoms with Crippen molar-refractivity contribution in [3.63, 3.8) is 0 Å². The monoisotopic (exact) mass is 352 g/mol. The second-order valence-electron chi connectivity index (χ2n) is 7.07. The van der Waals surface area contributed by atoms with Crippen LogP contribution in [0.5, 0.6) is 0 Å². The Kier molecular flexibility index (Phi) is 3.75. The Bertz CT molecular complexity index is 1030. The first-order valence-corrected chi connectivity index (χ1v) is 8.72. The van der Waals surface area contributed by atoms with E-state index < -0.39 is 11.8 Å². The molecule has 1 aromatic heterocycles. The third-order valence-corrected chi connectivity index (χ3v) is 5.28. The largest absolute Gasteiger partial charge is 0.481 e. The molecule has 0 atom stereocenters. The first-order chi connectivity index (χ1) is 12.4. The number of carboxylic acid groups (broad SMARTS) is 1. The van der Waals surface area contributed by atoms with Gasteiger partial charge in [0.05, 0.1) is 17.6 Å². The van der Waals surface area contributed by atoms with Gasteiger partial charge < -0.3 is 14.6 Å². The van der Waals surface area contributed by atoms with Crippen LogP contribution in [0.1, 0.15) is 16.8 Å². The minimum atomic E-state index is -1.03. The highest BCUT2D eigenvalue weighted by Gasteiger charge is 2.29. The van der Waals surface area contributed by atoms with Crippen LogP contribution >= 0.6 is 0 Å². The number of halogens is 1. The molecule has 26 heavy (non-hydrogen) atoms. The van der Waals surface area contributed by atoms with E-state index in [1.54, 1.807) is 0 Å². The maximum atomic E-state index is 15.5. The fourth-order valence-electron chi connectivity index (χ4n) is 4.01. The van der Waals surface area contributed by atoms with E-state index >= 15 is 4.39 Å². The van der Waals surface area contributed by atoms with Crippen LogP contribution in [-0.2, 0) is 17.8 Å². The standard InChI is InChI=1S/C21H21FN2O2/c1-12-4-6-14(7-5-12)18-15(11-17(25)26)19(22)21-20-16(18)10-13(2)24(20)9-8-23(21)3/h4-7,10H,8-9,11H2,1-3H3,(H,25,26). The lowest BCUT2D eigenvalue weighted by Crippen LogP contribution is -2.29. The lowest BCUT2D eigenvalue weighted by atomic mass is 9.91. The van der Waals surface area contributed by atoms with Crippen molar-refractivity contribution < 1.29 is 14.3 Å². The van der Waals surface area contributed by atoms with E-state index in [1.165, 1.54) is 0 Å². The zero-order chi connectivity index (χ0) is 18.6. The van der Waals surface area contributed by atoms with Gasteiger partial charge in [0.2, 0.25) is 0 Å². The van der Waals surface area contributed by atoms with E-state index in [-0.39, 0.29) is 12.0 Å². The van der Waals surface area contributed by atoms with Crippen LogP contribution in [0.2, 0.25) is 0 Å². The molecular formula is C21H21FN2O2. The fraction of sp³-hybridized carbons (Fsp3) is 0.286. The number of aryl methyl sites for hydroxylation is 2. The number of hydrogen-bond donors (Lipinski definition) is 1. The highest BCUT2D eigenvalue weighted by Crippen LogP contribution is 2.43. The second-order valence-corrected chi connectivity index (χ2v) is 7.07. The lowest BCUT2D eigenvalue weighted by Gasteiger charge is -2.30. The molecule has 4 rings (SSSR count). The van der Waals surface area contributed by atoms with Gasteiger partial charge in [-0.05, 0) is 31.0 Å². The van der Waals surface area contributed by atoms with E-state index in [9.17, 15) is 9.90 Å². The molecule has 0 saturated carbocycles. The van der Waals surface area contributed by atoms with Crippen LogP contribution in [0.15, 0.2) is 30.3 Å². The first kappa shape index (κ1) is 16.6. The minimum absolute atomic E-state index is 0.259. The number of anilines is 1. The van der Waals surface area contributed by atoms with E-state index in [0.29, 0.717) is 17.8 Å². The zero-order valence-electron chi connectivity index (χ0n) is 15.1. The average molecular weight is 352 g/mol. The Hall–Kier alpha value is -2.82. The van der Waals surface area contributed by atoms with Crippen LogP contribution < -0.4 is 4.90 Å². The molecule has 0 fully saturated rings. The van der Waals surface area contributed by atoms with Crippen molar-refractivity contribution in [3.05, 3.63) is 53.0 Å². The lowest BCUT2D eigenvalue weighted by molar-refractivity contribution is -0.136. The summed E-state index contributed by atoms with van der Waals surface area (Å²) in [6.07, 6.45) is -0.337. The van der Waals surface area contributed by atoms with Gasteiger partial charge in [0.1, 0.15) is 0 Å². The van der Waals surface area contributed by atoms with Gasteiger partial charge in [0.25, 0.3) is 0 Å². The van der Waals surface area contributed by atoms with Gasteiger partial charge in [-0.1, -0.05) is 29.8 Å². The van der Waals surface area contributed by atoms with Crippen molar-refractivity contribution in [2.75, 3.05) is 18.5 Å². The first-order valence-electron chi connectivity index (χ1n) is 8.72. The number of nitrogens with zero attached hydrogens (tertiary/aromatic N) is 2. The van der Waals surface area contributed by atoms with Crippen LogP contribution in [-0.4, -0.2) is 29.2 Å². The molecule has 134 valence electrons. The van der Waals surface area contributed by atoms with Crippen molar-refractivity contribution >= 4 is 22.6 Å². The normalized spacial score (nSPS) is 13.5. The summed E-state index contributed by atoms with van der Waals surface area (Å²) >= 11 is 0. The van der Waals surface area contributed by atoms with Gasteiger partial charge in [-0.2, -0.15) is 0 Å². The van der Waals surface area contributed by atoms with Crippen LogP contribution in [0.25, 0.3) is 22.0 Å². The number of aliphatic carboxylic acids is 1. The number of rotatable bonds is 3. The molecule has 4 nitrogen and oxygen atoms in total. The molecule has 0 amide bonds. The molecule has 1 N–H and O–H groups in total. The smallest absolute Gasteiger partial charge is 0.307 e. The third-order valence-electron chi connectivity index (χ3n) is 5.28. The number of benzene rings is 2. The van der Waals surface area contributed by atoms with Crippen molar-refractivity contribution in [1.82, 2.24) is 4.57 Å². The van der Waals surface area contributed by atoms with Crippen LogP contribution in [0.3, 0.4) is 0 Å². The molecule has 0 saturated heterocycles. The van der Waals surface area contributed by atoms with Crippen molar-refractivity contribution in [1.29, 1.82) is 0 Å². The van der Waals surface area contributed by atoms with Crippen LogP contribution in [0, 0.1) is 19.7 Å². The Morgan fingerprint density at radius 1 is 1.19 bits per heavy atom. The number of carboxylic acids is 1. The van der Waals surface area contributed by atoms with E-state index in [2.05, 4.69) is 10.6 Å². The van der Waals surface area contributed by atoms with Crippen molar-refractivity contribution in [3.8, 4) is 11.1 Å². The van der Waals surface area contributed by atoms with Gasteiger partial charge in [-0.15, -0.1) is 0 Å². The molecule has 0 radical (unpaired) electrons. The topological polar surface area (TPSA) is 45.5 Å². The van der Waals surface area contributed by atoms with Crippen molar-refractivity contribution in [2.45, 2.75) is 26.8 Å². The molecule has 0 aliphatic carbocycles. The van der Waals surface area contributed by atoms with Gasteiger partial charge >= 0.3 is 5.97 Å². The summed E-state index contributed by atoms with van der Waals surface area (Å²) in [6.45, 7) is 5.51. The maximum Gasteiger partial charge on any atom is 0.307 e. The third kappa shape index (κ3) is 2.38. The average Bonchev–Trinajstić information content (AvgIpc) is 2.91. The van der Waals surface area contributed by atoms with Crippen molar-refractivity contribution in [2.24, 2.45) is 0 Å². The second kappa shape index (κ2) is 5.87. The molecule has 0 unspecified atom stereocenters. The Morgan fingerprint density at radius 2 is 1.88 bits per heavy atom. The SMILES string of the molecule is Cc1ccc(-c2c(CC(=O)O)c(F)c3c4c2cc(C)n4CCN3C)cc1. The molecule has 2 heterocycles. The number of aromatic nitrogens is 1. The molecule has 5 heteroatoms. The maximum absolute atomic E-state index is 15.5.